The Bertz CT molecular complexity index is 72.0. The van der Waals surface area contributed by atoms with Crippen LogP contribution in [0.5, 0.6) is 0 Å². The summed E-state index contributed by atoms with van der Waals surface area (Å²) < 4.78 is 0. The standard InChI is InChI=1S/C6H6/c1-2-4-6-5-3-1/h1-6H/i1+2. The van der Waals surface area contributed by atoms with E-state index in [1.165, 1.54) is 0 Å². The van der Waals surface area contributed by atoms with Crippen LogP contribution < -0.4 is 0 Å². The molecule has 0 radical (unpaired) electrons. The van der Waals surface area contributed by atoms with Gasteiger partial charge in [-0.05, 0) is 0 Å². The van der Waals surface area contributed by atoms with Gasteiger partial charge >= 0.3 is 0 Å². The Morgan fingerprint density at radius 3 is 1.67 bits per heavy atom. The normalized spacial score (nSPS) is 8.00. The Hall–Kier alpha value is -0.780. The monoisotopic (exact) mass is 80.1 g/mol. The Morgan fingerprint density at radius 1 is 0.833 bits per heavy atom. The van der Waals surface area contributed by atoms with Crippen molar-refractivity contribution in [1.82, 2.24) is 0 Å². The Morgan fingerprint density at radius 2 is 1.50 bits per heavy atom. The first kappa shape index (κ1) is 3.41. The van der Waals surface area contributed by atoms with Crippen molar-refractivity contribution in [2.24, 2.45) is 0 Å². The van der Waals surface area contributed by atoms with Gasteiger partial charge in [-0.15, -0.1) is 0 Å². The highest BCUT2D eigenvalue weighted by atomic mass is 14.6. The van der Waals surface area contributed by atoms with Crippen LogP contribution in [0.25, 0.3) is 0 Å². The SMILES string of the molecule is c1cc[14cH]cc1. The lowest BCUT2D eigenvalue weighted by Gasteiger charge is -1.69. The van der Waals surface area contributed by atoms with Crippen LogP contribution in [-0.2, 0) is 0 Å². The summed E-state index contributed by atoms with van der Waals surface area (Å²) in [5.74, 6) is 0. The molecule has 0 heteroatoms. The van der Waals surface area contributed by atoms with E-state index in [9.17, 15) is 0 Å². The van der Waals surface area contributed by atoms with Gasteiger partial charge < -0.3 is 0 Å². The van der Waals surface area contributed by atoms with E-state index in [0.29, 0.717) is 0 Å². The van der Waals surface area contributed by atoms with E-state index in [2.05, 4.69) is 0 Å². The van der Waals surface area contributed by atoms with Gasteiger partial charge in [-0.3, -0.25) is 0 Å². The third-order valence-electron chi connectivity index (χ3n) is 0.667. The zero-order valence-electron chi connectivity index (χ0n) is 3.46. The van der Waals surface area contributed by atoms with E-state index in [-0.39, 0.29) is 0 Å². The molecule has 6 heavy (non-hydrogen) atoms. The lowest BCUT2D eigenvalue weighted by Crippen LogP contribution is -1.47. The highest BCUT2D eigenvalue weighted by molar-refractivity contribution is 4.99. The molecule has 0 aliphatic carbocycles. The van der Waals surface area contributed by atoms with Crippen molar-refractivity contribution in [1.29, 1.82) is 0 Å². The van der Waals surface area contributed by atoms with Gasteiger partial charge in [0.05, 0.1) is 0 Å². The number of benzene rings is 1. The molecule has 0 saturated heterocycles. The third kappa shape index (κ3) is 0.582. The molecular formula is C6H6. The van der Waals surface area contributed by atoms with Gasteiger partial charge in [0.1, 0.15) is 0 Å². The van der Waals surface area contributed by atoms with Crippen molar-refractivity contribution in [3.05, 3.63) is 36.4 Å². The van der Waals surface area contributed by atoms with Crippen LogP contribution in [0.1, 0.15) is 0 Å². The second kappa shape index (κ2) is 1.61. The molecule has 0 aliphatic heterocycles. The molecular weight excluding hydrogens is 74.1 g/mol. The molecule has 0 saturated carbocycles. The molecule has 1 aromatic rings. The predicted octanol–water partition coefficient (Wildman–Crippen LogP) is 1.69. The number of hydrogen-bond acceptors (Lipinski definition) is 0. The van der Waals surface area contributed by atoms with Gasteiger partial charge in [0, 0.05) is 0 Å². The van der Waals surface area contributed by atoms with Crippen molar-refractivity contribution >= 4 is 0 Å². The Kier molecular flexibility index (Phi) is 0.913. The molecule has 0 aromatic heterocycles. The van der Waals surface area contributed by atoms with E-state index >= 15 is 0 Å². The van der Waals surface area contributed by atoms with Crippen LogP contribution in [0.3, 0.4) is 0 Å². The molecule has 0 aliphatic rings. The summed E-state index contributed by atoms with van der Waals surface area (Å²) >= 11 is 0. The zero-order chi connectivity index (χ0) is 4.24. The van der Waals surface area contributed by atoms with E-state index < -0.39 is 0 Å². The first-order valence-corrected chi connectivity index (χ1v) is 2.00. The van der Waals surface area contributed by atoms with E-state index in [4.69, 9.17) is 0 Å². The summed E-state index contributed by atoms with van der Waals surface area (Å²) in [6.45, 7) is 0. The van der Waals surface area contributed by atoms with Gasteiger partial charge in [0.15, 0.2) is 0 Å². The summed E-state index contributed by atoms with van der Waals surface area (Å²) in [4.78, 5) is 0. The minimum Gasteiger partial charge on any atom is -0.0623 e. The van der Waals surface area contributed by atoms with Gasteiger partial charge in [-0.2, -0.15) is 0 Å². The minimum atomic E-state index is 2.00. The second-order valence-corrected chi connectivity index (χ2v) is 1.15. The summed E-state index contributed by atoms with van der Waals surface area (Å²) in [7, 11) is 0. The lowest BCUT2D eigenvalue weighted by atomic mass is 10.5. The average Bonchev–Trinajstić information content (AvgIpc) is 1.72. The quantitative estimate of drug-likeness (QED) is 0.445. The Labute approximate surface area is 37.4 Å². The van der Waals surface area contributed by atoms with E-state index in [1.54, 1.807) is 0 Å². The fourth-order valence-electron chi connectivity index (χ4n) is 0.385. The maximum absolute atomic E-state index is 2.00. The average molecular weight is 80.1 g/mol. The highest BCUT2D eigenvalue weighted by Gasteiger charge is 1.57. The number of rotatable bonds is 0. The molecule has 1 aromatic carbocycles. The maximum Gasteiger partial charge on any atom is -0.0623 e. The lowest BCUT2D eigenvalue weighted by molar-refractivity contribution is 1.72. The molecule has 0 atom stereocenters. The highest BCUT2D eigenvalue weighted by Crippen LogP contribution is 1.79. The van der Waals surface area contributed by atoms with Crippen molar-refractivity contribution in [2.75, 3.05) is 0 Å². The Balaban J connectivity index is 3.00. The van der Waals surface area contributed by atoms with Crippen molar-refractivity contribution in [3.63, 3.8) is 0 Å². The fourth-order valence-corrected chi connectivity index (χ4v) is 0.385. The van der Waals surface area contributed by atoms with Gasteiger partial charge in [0.25, 0.3) is 0 Å². The van der Waals surface area contributed by atoms with Crippen LogP contribution in [0.4, 0.5) is 0 Å². The van der Waals surface area contributed by atoms with Crippen LogP contribution >= 0.6 is 0 Å². The van der Waals surface area contributed by atoms with Crippen LogP contribution in [0.15, 0.2) is 36.4 Å². The fraction of sp³-hybridized carbons (Fsp3) is 0. The van der Waals surface area contributed by atoms with Gasteiger partial charge in [0.2, 0.25) is 0 Å². The van der Waals surface area contributed by atoms with Crippen molar-refractivity contribution < 1.29 is 0 Å². The van der Waals surface area contributed by atoms with Crippen molar-refractivity contribution in [2.45, 2.75) is 0 Å². The molecule has 0 spiro atoms. The third-order valence-corrected chi connectivity index (χ3v) is 0.667. The molecule has 0 unspecified atom stereocenters. The predicted molar refractivity (Wildman–Crippen MR) is 26.4 cm³/mol. The summed E-state index contributed by atoms with van der Waals surface area (Å²) in [5.41, 5.74) is 0. The molecule has 0 bridgehead atoms. The van der Waals surface area contributed by atoms with Crippen molar-refractivity contribution in [3.8, 4) is 0 Å². The first-order chi connectivity index (χ1) is 3.00. The topological polar surface area (TPSA) is 0 Å². The summed E-state index contributed by atoms with van der Waals surface area (Å²) in [6, 6.07) is 12.0. The molecule has 0 nitrogen and oxygen atoms in total. The van der Waals surface area contributed by atoms with E-state index in [0.717, 1.165) is 0 Å². The maximum atomic E-state index is 2.00. The zero-order valence-corrected chi connectivity index (χ0v) is 3.46. The number of hydrogen-bond donors (Lipinski definition) is 0. The first-order valence-electron chi connectivity index (χ1n) is 2.00. The summed E-state index contributed by atoms with van der Waals surface area (Å²) in [6.07, 6.45) is 0. The molecule has 1 rings (SSSR count). The van der Waals surface area contributed by atoms with Gasteiger partial charge in [-0.1, -0.05) is 36.4 Å². The largest absolute Gasteiger partial charge is 0.0623 e. The molecule has 0 fully saturated rings. The van der Waals surface area contributed by atoms with Gasteiger partial charge in [-0.25, -0.2) is 0 Å². The van der Waals surface area contributed by atoms with Crippen LogP contribution in [0.2, 0.25) is 0 Å². The smallest absolute Gasteiger partial charge is 0.0623 e. The molecule has 0 amide bonds. The van der Waals surface area contributed by atoms with Crippen LogP contribution in [-0.4, -0.2) is 0 Å². The van der Waals surface area contributed by atoms with Crippen LogP contribution in [0, 0.1) is 0 Å². The molecule has 30 valence electrons. The second-order valence-electron chi connectivity index (χ2n) is 1.15. The molecule has 0 heterocycles. The van der Waals surface area contributed by atoms with E-state index in [1.807, 2.05) is 36.4 Å². The molecule has 0 N–H and O–H groups in total. The summed E-state index contributed by atoms with van der Waals surface area (Å²) in [5, 5.41) is 0. The minimum absolute atomic E-state index is 2.00.